The number of aromatic nitrogens is 2. The summed E-state index contributed by atoms with van der Waals surface area (Å²) in [5, 5.41) is 16.8. The number of benzene rings is 2. The number of amides is 1. The molecule has 0 radical (unpaired) electrons. The molecule has 1 amide bonds. The summed E-state index contributed by atoms with van der Waals surface area (Å²) in [5.41, 5.74) is 2.21. The van der Waals surface area contributed by atoms with Gasteiger partial charge in [0.05, 0.1) is 22.2 Å². The molecule has 1 saturated carbocycles. The van der Waals surface area contributed by atoms with Crippen LogP contribution in [0.1, 0.15) is 89.0 Å². The minimum absolute atomic E-state index is 0.0210. The van der Waals surface area contributed by atoms with Crippen LogP contribution in [0.2, 0.25) is 0 Å². The molecule has 0 spiro atoms. The van der Waals surface area contributed by atoms with Gasteiger partial charge in [-0.05, 0) is 121 Å². The van der Waals surface area contributed by atoms with Gasteiger partial charge in [-0.25, -0.2) is 4.98 Å². The summed E-state index contributed by atoms with van der Waals surface area (Å²) in [4.78, 5) is 20.0. The molecule has 1 saturated heterocycles. The van der Waals surface area contributed by atoms with Crippen LogP contribution < -0.4 is 10.6 Å². The summed E-state index contributed by atoms with van der Waals surface area (Å²) in [6.07, 6.45) is 0.687. The van der Waals surface area contributed by atoms with Gasteiger partial charge in [0.2, 0.25) is 11.9 Å². The molecule has 1 aromatic heterocycles. The number of likely N-dealkylation sites (tertiary alicyclic amines) is 1. The molecule has 240 valence electrons. The van der Waals surface area contributed by atoms with Crippen LogP contribution in [0.3, 0.4) is 0 Å². The van der Waals surface area contributed by atoms with Crippen molar-refractivity contribution in [2.45, 2.75) is 103 Å². The van der Waals surface area contributed by atoms with Crippen molar-refractivity contribution in [2.75, 3.05) is 18.4 Å². The number of aliphatic hydroxyl groups is 1. The zero-order valence-corrected chi connectivity index (χ0v) is 26.3. The first-order valence-electron chi connectivity index (χ1n) is 15.9. The number of hydrogen-bond acceptors (Lipinski definition) is 5. The number of carbonyl (C=O) groups excluding carboxylic acids is 1. The smallest absolute Gasteiger partial charge is 0.390 e. The van der Waals surface area contributed by atoms with E-state index in [0.717, 1.165) is 75.3 Å². The maximum atomic E-state index is 13.3. The van der Waals surface area contributed by atoms with Crippen molar-refractivity contribution in [1.82, 2.24) is 19.8 Å². The average Bonchev–Trinajstić information content (AvgIpc) is 3.33. The van der Waals surface area contributed by atoms with Gasteiger partial charge < -0.3 is 20.3 Å². The van der Waals surface area contributed by atoms with Gasteiger partial charge in [0.1, 0.15) is 0 Å². The highest BCUT2D eigenvalue weighted by atomic mass is 19.4. The summed E-state index contributed by atoms with van der Waals surface area (Å²) >= 11 is 0. The molecule has 0 atom stereocenters. The number of carbonyl (C=O) groups is 1. The average molecular weight is 614 g/mol. The van der Waals surface area contributed by atoms with E-state index in [0.29, 0.717) is 17.4 Å². The van der Waals surface area contributed by atoms with Gasteiger partial charge in [0.25, 0.3) is 0 Å². The monoisotopic (exact) mass is 613 g/mol. The first-order valence-corrected chi connectivity index (χ1v) is 15.9. The number of fused-ring (bicyclic) bond motifs is 1. The van der Waals surface area contributed by atoms with Gasteiger partial charge in [-0.3, -0.25) is 9.69 Å². The van der Waals surface area contributed by atoms with Crippen LogP contribution in [0, 0.1) is 11.8 Å². The number of rotatable bonds is 9. The SMILES string of the molecule is CC(C)NC(=O)C1CCC(n2c(NCc3cccc(C(F)(F)F)c3)nc3ccc(CN4CCC(C(C)(C)O)CC4)cc32)CC1. The number of piperidine rings is 1. The molecule has 2 aromatic carbocycles. The van der Waals surface area contributed by atoms with E-state index in [4.69, 9.17) is 4.98 Å². The molecule has 0 unspecified atom stereocenters. The molecule has 0 bridgehead atoms. The maximum absolute atomic E-state index is 13.3. The van der Waals surface area contributed by atoms with Gasteiger partial charge in [-0.2, -0.15) is 13.2 Å². The predicted molar refractivity (Wildman–Crippen MR) is 167 cm³/mol. The lowest BCUT2D eigenvalue weighted by atomic mass is 9.83. The fourth-order valence-electron chi connectivity index (χ4n) is 6.82. The molecule has 10 heteroatoms. The lowest BCUT2D eigenvalue weighted by Gasteiger charge is -2.37. The van der Waals surface area contributed by atoms with E-state index in [9.17, 15) is 23.1 Å². The van der Waals surface area contributed by atoms with Gasteiger partial charge in [0.15, 0.2) is 0 Å². The van der Waals surface area contributed by atoms with Crippen molar-refractivity contribution < 1.29 is 23.1 Å². The van der Waals surface area contributed by atoms with Gasteiger partial charge in [0, 0.05) is 31.1 Å². The molecule has 44 heavy (non-hydrogen) atoms. The number of alkyl halides is 3. The van der Waals surface area contributed by atoms with Gasteiger partial charge >= 0.3 is 6.18 Å². The Kier molecular flexibility index (Phi) is 9.61. The standard InChI is InChI=1S/C34H46F3N5O2/c1-22(2)39-31(43)25-9-11-28(12-10-25)42-30-19-24(21-41-16-14-26(15-17-41)33(3,4)44)8-13-29(30)40-32(42)38-20-23-6-5-7-27(18-23)34(35,36)37/h5-8,13,18-19,22,25-26,28,44H,9-12,14-17,20-21H2,1-4H3,(H,38,40)(H,39,43). The second-order valence-electron chi connectivity index (χ2n) is 13.6. The molecule has 3 N–H and O–H groups in total. The first-order chi connectivity index (χ1) is 20.8. The normalized spacial score (nSPS) is 20.8. The Morgan fingerprint density at radius 2 is 1.70 bits per heavy atom. The molecule has 5 rings (SSSR count). The molecule has 7 nitrogen and oxygen atoms in total. The molecule has 2 heterocycles. The van der Waals surface area contributed by atoms with Crippen molar-refractivity contribution in [1.29, 1.82) is 0 Å². The van der Waals surface area contributed by atoms with Crippen molar-refractivity contribution in [3.8, 4) is 0 Å². The highest BCUT2D eigenvalue weighted by Gasteiger charge is 2.32. The molecular weight excluding hydrogens is 567 g/mol. The fraction of sp³-hybridized carbons (Fsp3) is 0.588. The number of anilines is 1. The third kappa shape index (κ3) is 7.75. The van der Waals surface area contributed by atoms with Crippen molar-refractivity contribution in [3.63, 3.8) is 0 Å². The van der Waals surface area contributed by atoms with Gasteiger partial charge in [-0.1, -0.05) is 18.2 Å². The van der Waals surface area contributed by atoms with E-state index in [-0.39, 0.29) is 30.5 Å². The Morgan fingerprint density at radius 1 is 1.00 bits per heavy atom. The van der Waals surface area contributed by atoms with E-state index in [1.807, 2.05) is 33.8 Å². The van der Waals surface area contributed by atoms with E-state index in [1.165, 1.54) is 17.7 Å². The zero-order chi connectivity index (χ0) is 31.6. The number of hydrogen-bond donors (Lipinski definition) is 3. The van der Waals surface area contributed by atoms with Crippen LogP contribution in [0.15, 0.2) is 42.5 Å². The topological polar surface area (TPSA) is 82.4 Å². The Morgan fingerprint density at radius 3 is 2.34 bits per heavy atom. The van der Waals surface area contributed by atoms with Crippen LogP contribution in [0.5, 0.6) is 0 Å². The molecular formula is C34H46F3N5O2. The van der Waals surface area contributed by atoms with Crippen LogP contribution in [-0.2, 0) is 24.1 Å². The zero-order valence-electron chi connectivity index (χ0n) is 26.3. The van der Waals surface area contributed by atoms with E-state index < -0.39 is 17.3 Å². The second-order valence-corrected chi connectivity index (χ2v) is 13.6. The molecule has 3 aromatic rings. The van der Waals surface area contributed by atoms with Crippen LogP contribution in [0.4, 0.5) is 19.1 Å². The largest absolute Gasteiger partial charge is 0.416 e. The molecule has 2 aliphatic rings. The van der Waals surface area contributed by atoms with Crippen molar-refractivity contribution >= 4 is 22.9 Å². The van der Waals surface area contributed by atoms with Gasteiger partial charge in [-0.15, -0.1) is 0 Å². The van der Waals surface area contributed by atoms with Crippen LogP contribution in [-0.4, -0.2) is 50.2 Å². The third-order valence-electron chi connectivity index (χ3n) is 9.32. The molecule has 1 aliphatic heterocycles. The van der Waals surface area contributed by atoms with E-state index in [2.05, 4.69) is 32.2 Å². The Bertz CT molecular complexity index is 1430. The summed E-state index contributed by atoms with van der Waals surface area (Å²) in [5.74, 6) is 1.02. The Labute approximate surface area is 258 Å². The lowest BCUT2D eigenvalue weighted by molar-refractivity contribution is -0.137. The summed E-state index contributed by atoms with van der Waals surface area (Å²) in [6.45, 7) is 10.6. The number of nitrogens with zero attached hydrogens (tertiary/aromatic N) is 3. The summed E-state index contributed by atoms with van der Waals surface area (Å²) in [6, 6.07) is 11.9. The quantitative estimate of drug-likeness (QED) is 0.245. The Hall–Kier alpha value is -3.11. The van der Waals surface area contributed by atoms with Crippen LogP contribution >= 0.6 is 0 Å². The minimum Gasteiger partial charge on any atom is -0.390 e. The highest BCUT2D eigenvalue weighted by Crippen LogP contribution is 2.38. The number of imidazole rings is 1. The third-order valence-corrected chi connectivity index (χ3v) is 9.32. The summed E-state index contributed by atoms with van der Waals surface area (Å²) in [7, 11) is 0. The Balaban J connectivity index is 1.38. The minimum atomic E-state index is -4.40. The van der Waals surface area contributed by atoms with E-state index >= 15 is 0 Å². The van der Waals surface area contributed by atoms with Crippen molar-refractivity contribution in [3.05, 3.63) is 59.2 Å². The second kappa shape index (κ2) is 13.1. The lowest BCUT2D eigenvalue weighted by Crippen LogP contribution is -2.41. The molecule has 1 aliphatic carbocycles. The van der Waals surface area contributed by atoms with Crippen molar-refractivity contribution in [2.24, 2.45) is 11.8 Å². The highest BCUT2D eigenvalue weighted by molar-refractivity contribution is 5.80. The first kappa shape index (κ1) is 32.3. The number of nitrogens with one attached hydrogen (secondary N) is 2. The number of halogens is 3. The fourth-order valence-corrected chi connectivity index (χ4v) is 6.82. The summed E-state index contributed by atoms with van der Waals surface area (Å²) < 4.78 is 42.2. The molecule has 2 fully saturated rings. The van der Waals surface area contributed by atoms with E-state index in [1.54, 1.807) is 6.07 Å². The maximum Gasteiger partial charge on any atom is 0.416 e. The predicted octanol–water partition coefficient (Wildman–Crippen LogP) is 6.91. The van der Waals surface area contributed by atoms with Crippen LogP contribution in [0.25, 0.3) is 11.0 Å².